The van der Waals surface area contributed by atoms with Crippen molar-refractivity contribution in [2.45, 2.75) is 30.8 Å². The van der Waals surface area contributed by atoms with Crippen LogP contribution in [-0.4, -0.2) is 51.4 Å². The van der Waals surface area contributed by atoms with Gasteiger partial charge in [0.05, 0.1) is 17.7 Å². The van der Waals surface area contributed by atoms with Crippen molar-refractivity contribution in [2.75, 3.05) is 24.5 Å². The van der Waals surface area contributed by atoms with Crippen LogP contribution in [0.15, 0.2) is 108 Å². The van der Waals surface area contributed by atoms with Crippen molar-refractivity contribution < 1.29 is 27.1 Å². The highest BCUT2D eigenvalue weighted by Gasteiger charge is 2.34. The summed E-state index contributed by atoms with van der Waals surface area (Å²) in [5.41, 5.74) is 1.58. The molecule has 0 aliphatic rings. The molecule has 0 aliphatic carbocycles. The third kappa shape index (κ3) is 8.15. The molecule has 1 atom stereocenters. The fourth-order valence-electron chi connectivity index (χ4n) is 4.64. The van der Waals surface area contributed by atoms with Crippen LogP contribution >= 0.6 is 11.6 Å². The molecule has 0 fully saturated rings. The Balaban J connectivity index is 1.78. The maximum absolute atomic E-state index is 14.3. The van der Waals surface area contributed by atoms with Crippen molar-refractivity contribution in [1.82, 2.24) is 10.2 Å². The number of halogens is 2. The van der Waals surface area contributed by atoms with Gasteiger partial charge in [-0.2, -0.15) is 0 Å². The number of nitrogens with one attached hydrogen (secondary N) is 1. The molecule has 44 heavy (non-hydrogen) atoms. The minimum atomic E-state index is -4.28. The highest BCUT2D eigenvalue weighted by molar-refractivity contribution is 7.92. The molecule has 0 radical (unpaired) electrons. The molecule has 0 spiro atoms. The Morgan fingerprint density at radius 2 is 1.52 bits per heavy atom. The van der Waals surface area contributed by atoms with Gasteiger partial charge in [-0.25, -0.2) is 12.8 Å². The van der Waals surface area contributed by atoms with E-state index in [4.69, 9.17) is 16.3 Å². The van der Waals surface area contributed by atoms with Crippen LogP contribution in [0.25, 0.3) is 0 Å². The van der Waals surface area contributed by atoms with E-state index in [1.165, 1.54) is 84.8 Å². The Bertz CT molecular complexity index is 1650. The summed E-state index contributed by atoms with van der Waals surface area (Å²) < 4.78 is 48.0. The third-order valence-electron chi connectivity index (χ3n) is 6.93. The van der Waals surface area contributed by atoms with E-state index in [0.717, 1.165) is 9.87 Å². The smallest absolute Gasteiger partial charge is 0.264 e. The van der Waals surface area contributed by atoms with Gasteiger partial charge in [-0.15, -0.1) is 0 Å². The van der Waals surface area contributed by atoms with Crippen LogP contribution in [0.1, 0.15) is 18.1 Å². The molecule has 0 heterocycles. The first kappa shape index (κ1) is 32.5. The SMILES string of the molecule is CCNC(=O)[C@@H](Cc1ccccc1)N(Cc1ccc(F)cc1)C(=O)CN(c1ccc(Cl)cc1)S(=O)(=O)c1ccc(OC)cc1. The van der Waals surface area contributed by atoms with Crippen molar-refractivity contribution in [2.24, 2.45) is 0 Å². The lowest BCUT2D eigenvalue weighted by Crippen LogP contribution is -2.53. The lowest BCUT2D eigenvalue weighted by Gasteiger charge is -2.33. The number of hydrogen-bond acceptors (Lipinski definition) is 5. The van der Waals surface area contributed by atoms with Crippen LogP contribution in [0.5, 0.6) is 5.75 Å². The van der Waals surface area contributed by atoms with E-state index in [1.807, 2.05) is 30.3 Å². The van der Waals surface area contributed by atoms with Crippen molar-refractivity contribution >= 4 is 39.1 Å². The lowest BCUT2D eigenvalue weighted by atomic mass is 10.0. The summed E-state index contributed by atoms with van der Waals surface area (Å²) in [6.45, 7) is 1.41. The van der Waals surface area contributed by atoms with Crippen molar-refractivity contribution in [3.05, 3.63) is 125 Å². The summed E-state index contributed by atoms with van der Waals surface area (Å²) in [4.78, 5) is 29.1. The van der Waals surface area contributed by atoms with Crippen molar-refractivity contribution in [1.29, 1.82) is 0 Å². The maximum Gasteiger partial charge on any atom is 0.264 e. The fraction of sp³-hybridized carbons (Fsp3) is 0.212. The normalized spacial score (nSPS) is 11.8. The summed E-state index contributed by atoms with van der Waals surface area (Å²) in [5.74, 6) is -1.01. The number of rotatable bonds is 13. The number of benzene rings is 4. The summed E-state index contributed by atoms with van der Waals surface area (Å²) >= 11 is 6.09. The Labute approximate surface area is 262 Å². The molecule has 0 aromatic heterocycles. The molecule has 1 N–H and O–H groups in total. The van der Waals surface area contributed by atoms with Gasteiger partial charge in [-0.3, -0.25) is 13.9 Å². The number of carbonyl (C=O) groups excluding carboxylic acids is 2. The minimum Gasteiger partial charge on any atom is -0.497 e. The number of amides is 2. The molecule has 4 aromatic carbocycles. The summed E-state index contributed by atoms with van der Waals surface area (Å²) in [6.07, 6.45) is 0.172. The maximum atomic E-state index is 14.3. The van der Waals surface area contributed by atoms with E-state index >= 15 is 0 Å². The average Bonchev–Trinajstić information content (AvgIpc) is 3.03. The van der Waals surface area contributed by atoms with Crippen LogP contribution in [0.3, 0.4) is 0 Å². The molecule has 0 aliphatic heterocycles. The third-order valence-corrected chi connectivity index (χ3v) is 8.97. The van der Waals surface area contributed by atoms with Crippen LogP contribution in [0, 0.1) is 5.82 Å². The first-order chi connectivity index (χ1) is 21.1. The Morgan fingerprint density at radius 1 is 0.886 bits per heavy atom. The summed E-state index contributed by atoms with van der Waals surface area (Å²) in [7, 11) is -2.81. The number of nitrogens with zero attached hydrogens (tertiary/aromatic N) is 2. The monoisotopic (exact) mass is 637 g/mol. The average molecular weight is 638 g/mol. The first-order valence-corrected chi connectivity index (χ1v) is 15.7. The van der Waals surface area contributed by atoms with E-state index in [0.29, 0.717) is 22.9 Å². The Hall–Kier alpha value is -4.41. The van der Waals surface area contributed by atoms with Gasteiger partial charge >= 0.3 is 0 Å². The molecule has 0 bridgehead atoms. The van der Waals surface area contributed by atoms with Gasteiger partial charge < -0.3 is 15.0 Å². The molecular weight excluding hydrogens is 605 g/mol. The van der Waals surface area contributed by atoms with Crippen molar-refractivity contribution in [3.63, 3.8) is 0 Å². The number of anilines is 1. The number of ether oxygens (including phenoxy) is 1. The zero-order valence-electron chi connectivity index (χ0n) is 24.3. The first-order valence-electron chi connectivity index (χ1n) is 13.9. The molecule has 0 saturated heterocycles. The van der Waals surface area contributed by atoms with E-state index in [1.54, 1.807) is 6.92 Å². The molecule has 230 valence electrons. The van der Waals surface area contributed by atoms with E-state index in [-0.39, 0.29) is 23.5 Å². The standard InChI is InChI=1S/C33H33ClFN3O5S/c1-3-36-33(40)31(21-24-7-5-4-6-8-24)37(22-25-9-13-27(35)14-10-25)32(39)23-38(28-15-11-26(34)12-16-28)44(41,42)30-19-17-29(43-2)18-20-30/h4-20,31H,3,21-23H2,1-2H3,(H,36,40)/t31-/m1/s1. The van der Waals surface area contributed by atoms with Crippen LogP contribution in [0.4, 0.5) is 10.1 Å². The summed E-state index contributed by atoms with van der Waals surface area (Å²) in [5, 5.41) is 3.19. The second-order valence-corrected chi connectivity index (χ2v) is 12.2. The van der Waals surface area contributed by atoms with Gasteiger partial charge in [0.1, 0.15) is 24.2 Å². The van der Waals surface area contributed by atoms with E-state index < -0.39 is 40.2 Å². The molecule has 4 rings (SSSR count). The molecular formula is C33H33ClFN3O5S. The van der Waals surface area contributed by atoms with Crippen LogP contribution in [-0.2, 0) is 32.6 Å². The molecule has 11 heteroatoms. The Kier molecular flexibility index (Phi) is 11.0. The zero-order chi connectivity index (χ0) is 31.7. The quantitative estimate of drug-likeness (QED) is 0.210. The van der Waals surface area contributed by atoms with Gasteiger partial charge in [0.2, 0.25) is 11.8 Å². The topological polar surface area (TPSA) is 96.0 Å². The molecule has 2 amide bonds. The largest absolute Gasteiger partial charge is 0.497 e. The van der Waals surface area contributed by atoms with E-state index in [2.05, 4.69) is 5.32 Å². The molecule has 8 nitrogen and oxygen atoms in total. The number of carbonyl (C=O) groups is 2. The number of methoxy groups -OCH3 is 1. The number of hydrogen-bond donors (Lipinski definition) is 1. The number of likely N-dealkylation sites (N-methyl/N-ethyl adjacent to an activating group) is 1. The van der Waals surface area contributed by atoms with Gasteiger partial charge in [-0.1, -0.05) is 54.1 Å². The highest BCUT2D eigenvalue weighted by Crippen LogP contribution is 2.27. The molecule has 4 aromatic rings. The predicted octanol–water partition coefficient (Wildman–Crippen LogP) is 5.46. The van der Waals surface area contributed by atoms with Gasteiger partial charge in [0.15, 0.2) is 0 Å². The second kappa shape index (κ2) is 14.9. The second-order valence-electron chi connectivity index (χ2n) is 9.91. The van der Waals surface area contributed by atoms with Crippen LogP contribution in [0.2, 0.25) is 5.02 Å². The summed E-state index contributed by atoms with van der Waals surface area (Å²) in [6, 6.07) is 25.7. The van der Waals surface area contributed by atoms with Gasteiger partial charge in [0.25, 0.3) is 10.0 Å². The predicted molar refractivity (Wildman–Crippen MR) is 169 cm³/mol. The zero-order valence-corrected chi connectivity index (χ0v) is 25.9. The fourth-order valence-corrected chi connectivity index (χ4v) is 6.18. The van der Waals surface area contributed by atoms with E-state index in [9.17, 15) is 22.4 Å². The minimum absolute atomic E-state index is 0.0595. The van der Waals surface area contributed by atoms with Crippen molar-refractivity contribution in [3.8, 4) is 5.75 Å². The Morgan fingerprint density at radius 3 is 2.11 bits per heavy atom. The van der Waals surface area contributed by atoms with Gasteiger partial charge in [-0.05, 0) is 78.7 Å². The van der Waals surface area contributed by atoms with Crippen LogP contribution < -0.4 is 14.4 Å². The lowest BCUT2D eigenvalue weighted by molar-refractivity contribution is -0.140. The molecule has 0 saturated carbocycles. The van der Waals surface area contributed by atoms with Gasteiger partial charge in [0, 0.05) is 24.5 Å². The highest BCUT2D eigenvalue weighted by atomic mass is 35.5. The molecule has 0 unspecified atom stereocenters. The number of sulfonamides is 1.